The lowest BCUT2D eigenvalue weighted by molar-refractivity contribution is 0.0693. The van der Waals surface area contributed by atoms with Gasteiger partial charge in [0.05, 0.1) is 5.56 Å². The quantitative estimate of drug-likeness (QED) is 0.840. The number of aromatic carboxylic acids is 1. The second kappa shape index (κ2) is 5.33. The lowest BCUT2D eigenvalue weighted by Crippen LogP contribution is -2.00. The van der Waals surface area contributed by atoms with Gasteiger partial charge in [-0.3, -0.25) is 0 Å². The van der Waals surface area contributed by atoms with Gasteiger partial charge in [0.15, 0.2) is 0 Å². The minimum absolute atomic E-state index is 0.194. The number of hydrogen-bond donors (Lipinski definition) is 2. The van der Waals surface area contributed by atoms with Crippen molar-refractivity contribution in [3.8, 4) is 0 Å². The molecule has 0 aliphatic carbocycles. The summed E-state index contributed by atoms with van der Waals surface area (Å²) in [7, 11) is 0. The molecule has 0 saturated heterocycles. The van der Waals surface area contributed by atoms with E-state index in [-0.39, 0.29) is 5.56 Å². The maximum absolute atomic E-state index is 11.1. The number of rotatable bonds is 3. The number of halogens is 1. The molecule has 0 bridgehead atoms. The van der Waals surface area contributed by atoms with Crippen LogP contribution in [0.1, 0.15) is 10.4 Å². The summed E-state index contributed by atoms with van der Waals surface area (Å²) in [5.74, 6) is -0.994. The number of carboxylic acid groups (broad SMARTS) is 1. The monoisotopic (exact) mass is 279 g/mol. The molecule has 0 amide bonds. The van der Waals surface area contributed by atoms with Crippen LogP contribution in [-0.4, -0.2) is 11.1 Å². The van der Waals surface area contributed by atoms with Crippen LogP contribution in [0.2, 0.25) is 5.02 Å². The van der Waals surface area contributed by atoms with Gasteiger partial charge in [0.25, 0.3) is 0 Å². The first-order valence-electron chi connectivity index (χ1n) is 5.12. The summed E-state index contributed by atoms with van der Waals surface area (Å²) in [5.41, 5.74) is 6.22. The lowest BCUT2D eigenvalue weighted by atomic mass is 10.2. The van der Waals surface area contributed by atoms with Crippen molar-refractivity contribution < 1.29 is 9.90 Å². The molecule has 0 spiro atoms. The van der Waals surface area contributed by atoms with Crippen molar-refractivity contribution in [1.29, 1.82) is 0 Å². The maximum atomic E-state index is 11.1. The van der Waals surface area contributed by atoms with Gasteiger partial charge in [0.1, 0.15) is 0 Å². The molecule has 0 saturated carbocycles. The minimum Gasteiger partial charge on any atom is -0.478 e. The van der Waals surface area contributed by atoms with Crippen molar-refractivity contribution in [2.45, 2.75) is 9.79 Å². The Morgan fingerprint density at radius 2 is 2.00 bits per heavy atom. The van der Waals surface area contributed by atoms with Crippen molar-refractivity contribution in [3.63, 3.8) is 0 Å². The number of nitrogen functional groups attached to an aromatic ring is 1. The van der Waals surface area contributed by atoms with Crippen LogP contribution >= 0.6 is 23.4 Å². The number of carboxylic acids is 1. The highest BCUT2D eigenvalue weighted by Gasteiger charge is 2.11. The molecule has 2 rings (SSSR count). The third-order valence-corrected chi connectivity index (χ3v) is 3.56. The third kappa shape index (κ3) is 2.97. The van der Waals surface area contributed by atoms with Gasteiger partial charge in [-0.2, -0.15) is 0 Å². The smallest absolute Gasteiger partial charge is 0.336 e. The summed E-state index contributed by atoms with van der Waals surface area (Å²) >= 11 is 7.23. The van der Waals surface area contributed by atoms with E-state index in [1.807, 2.05) is 12.1 Å². The average Bonchev–Trinajstić information content (AvgIpc) is 2.31. The molecular formula is C13H10ClNO2S. The van der Waals surface area contributed by atoms with Crippen molar-refractivity contribution in [2.24, 2.45) is 0 Å². The average molecular weight is 280 g/mol. The first-order valence-corrected chi connectivity index (χ1v) is 6.32. The van der Waals surface area contributed by atoms with Crippen LogP contribution in [0.25, 0.3) is 0 Å². The number of nitrogens with two attached hydrogens (primary N) is 1. The summed E-state index contributed by atoms with van der Waals surface area (Å²) in [6.07, 6.45) is 0. The van der Waals surface area contributed by atoms with E-state index >= 15 is 0 Å². The standard InChI is InChI=1S/C13H10ClNO2S/c14-8-2-1-3-10(6-8)18-12-5-4-9(15)7-11(12)13(16)17/h1-7H,15H2,(H,16,17). The Morgan fingerprint density at radius 3 is 2.67 bits per heavy atom. The SMILES string of the molecule is Nc1ccc(Sc2cccc(Cl)c2)c(C(=O)O)c1. The van der Waals surface area contributed by atoms with E-state index in [9.17, 15) is 4.79 Å². The normalized spacial score (nSPS) is 10.3. The summed E-state index contributed by atoms with van der Waals surface area (Å²) in [4.78, 5) is 12.7. The van der Waals surface area contributed by atoms with Crippen LogP contribution in [0.3, 0.4) is 0 Å². The molecule has 0 aliphatic heterocycles. The van der Waals surface area contributed by atoms with E-state index in [2.05, 4.69) is 0 Å². The van der Waals surface area contributed by atoms with Gasteiger partial charge in [-0.15, -0.1) is 0 Å². The van der Waals surface area contributed by atoms with Crippen LogP contribution in [0.4, 0.5) is 5.69 Å². The third-order valence-electron chi connectivity index (χ3n) is 2.26. The Labute approximate surface area is 114 Å². The van der Waals surface area contributed by atoms with Gasteiger partial charge < -0.3 is 10.8 Å². The van der Waals surface area contributed by atoms with Crippen molar-refractivity contribution in [1.82, 2.24) is 0 Å². The van der Waals surface area contributed by atoms with E-state index in [4.69, 9.17) is 22.4 Å². The van der Waals surface area contributed by atoms with Gasteiger partial charge in [-0.1, -0.05) is 29.4 Å². The summed E-state index contributed by atoms with van der Waals surface area (Å²) in [6, 6.07) is 12.1. The fraction of sp³-hybridized carbons (Fsp3) is 0. The van der Waals surface area contributed by atoms with Crippen molar-refractivity contribution in [2.75, 3.05) is 5.73 Å². The zero-order valence-corrected chi connectivity index (χ0v) is 10.8. The van der Waals surface area contributed by atoms with Crippen LogP contribution in [0, 0.1) is 0 Å². The molecule has 92 valence electrons. The molecule has 0 radical (unpaired) electrons. The van der Waals surface area contributed by atoms with E-state index in [1.165, 1.54) is 17.8 Å². The zero-order valence-electron chi connectivity index (χ0n) is 9.26. The fourth-order valence-corrected chi connectivity index (χ4v) is 2.69. The summed E-state index contributed by atoms with van der Waals surface area (Å²) in [5, 5.41) is 9.75. The van der Waals surface area contributed by atoms with Crippen molar-refractivity contribution >= 4 is 35.0 Å². The molecule has 0 fully saturated rings. The highest BCUT2D eigenvalue weighted by Crippen LogP contribution is 2.32. The summed E-state index contributed by atoms with van der Waals surface area (Å²) < 4.78 is 0. The van der Waals surface area contributed by atoms with Gasteiger partial charge in [-0.05, 0) is 36.4 Å². The molecule has 0 aliphatic rings. The number of carbonyl (C=O) groups is 1. The number of hydrogen-bond acceptors (Lipinski definition) is 3. The molecule has 3 nitrogen and oxygen atoms in total. The Balaban J connectivity index is 2.37. The lowest BCUT2D eigenvalue weighted by Gasteiger charge is -2.07. The molecule has 18 heavy (non-hydrogen) atoms. The van der Waals surface area contributed by atoms with Crippen LogP contribution in [0.15, 0.2) is 52.3 Å². The first kappa shape index (κ1) is 12.8. The molecule has 2 aromatic rings. The molecule has 0 atom stereocenters. The van der Waals surface area contributed by atoms with Crippen LogP contribution in [0.5, 0.6) is 0 Å². The molecular weight excluding hydrogens is 270 g/mol. The van der Waals surface area contributed by atoms with Gasteiger partial charge in [0.2, 0.25) is 0 Å². The number of benzene rings is 2. The molecule has 3 N–H and O–H groups in total. The highest BCUT2D eigenvalue weighted by atomic mass is 35.5. The Hall–Kier alpha value is -1.65. The highest BCUT2D eigenvalue weighted by molar-refractivity contribution is 7.99. The van der Waals surface area contributed by atoms with Gasteiger partial charge in [0, 0.05) is 20.5 Å². The Bertz CT molecular complexity index is 601. The zero-order chi connectivity index (χ0) is 13.1. The predicted molar refractivity (Wildman–Crippen MR) is 73.4 cm³/mol. The van der Waals surface area contributed by atoms with E-state index < -0.39 is 5.97 Å². The largest absolute Gasteiger partial charge is 0.478 e. The molecule has 5 heteroatoms. The second-order valence-electron chi connectivity index (χ2n) is 3.62. The van der Waals surface area contributed by atoms with E-state index in [0.717, 1.165) is 4.90 Å². The van der Waals surface area contributed by atoms with Crippen LogP contribution in [-0.2, 0) is 0 Å². The topological polar surface area (TPSA) is 63.3 Å². The van der Waals surface area contributed by atoms with E-state index in [1.54, 1.807) is 24.3 Å². The molecule has 0 aromatic heterocycles. The maximum Gasteiger partial charge on any atom is 0.336 e. The molecule has 0 heterocycles. The second-order valence-corrected chi connectivity index (χ2v) is 5.17. The number of anilines is 1. The molecule has 2 aromatic carbocycles. The summed E-state index contributed by atoms with van der Waals surface area (Å²) in [6.45, 7) is 0. The Morgan fingerprint density at radius 1 is 1.22 bits per heavy atom. The molecule has 0 unspecified atom stereocenters. The predicted octanol–water partition coefficient (Wildman–Crippen LogP) is 3.77. The van der Waals surface area contributed by atoms with Gasteiger partial charge >= 0.3 is 5.97 Å². The first-order chi connectivity index (χ1) is 8.56. The fourth-order valence-electron chi connectivity index (χ4n) is 1.46. The minimum atomic E-state index is -0.994. The van der Waals surface area contributed by atoms with Gasteiger partial charge in [-0.25, -0.2) is 4.79 Å². The Kier molecular flexibility index (Phi) is 3.79. The van der Waals surface area contributed by atoms with Crippen molar-refractivity contribution in [3.05, 3.63) is 53.1 Å². The van der Waals surface area contributed by atoms with E-state index in [0.29, 0.717) is 15.6 Å². The van der Waals surface area contributed by atoms with Crippen LogP contribution < -0.4 is 5.73 Å².